The second kappa shape index (κ2) is 9.47. The Kier molecular flexibility index (Phi) is 6.03. The molecule has 0 saturated carbocycles. The number of amides is 1. The molecule has 5 rings (SSSR count). The number of aromatic nitrogens is 6. The minimum atomic E-state index is -0.803. The lowest BCUT2D eigenvalue weighted by Gasteiger charge is -2.16. The monoisotopic (exact) mass is 489 g/mol. The summed E-state index contributed by atoms with van der Waals surface area (Å²) in [4.78, 5) is 37.7. The van der Waals surface area contributed by atoms with Crippen LogP contribution in [0.15, 0.2) is 67.5 Å². The molecule has 37 heavy (non-hydrogen) atoms. The van der Waals surface area contributed by atoms with Crippen molar-refractivity contribution in [2.45, 2.75) is 26.2 Å². The molecule has 1 aromatic carbocycles. The predicted molar refractivity (Wildman–Crippen MR) is 140 cm³/mol. The normalized spacial score (nSPS) is 11.2. The largest absolute Gasteiger partial charge is 0.341 e. The van der Waals surface area contributed by atoms with E-state index in [1.807, 2.05) is 37.3 Å². The maximum atomic E-state index is 13.0. The van der Waals surface area contributed by atoms with Gasteiger partial charge in [-0.25, -0.2) is 19.9 Å². The van der Waals surface area contributed by atoms with Crippen molar-refractivity contribution in [3.63, 3.8) is 0 Å². The highest BCUT2D eigenvalue weighted by atomic mass is 16.1. The standard InChI is InChI=1S/C27H23N9O/c1-16-6-7-18(35-26(37)17-8-10-29-21(11-17)27(2,3)13-28)12-20(16)36-24-19(5-4-9-30-24)22-23-25(33-14-31-22)34-15-32-23/h4-12,14-15H,1-3H3,(H,30,36)(H,35,37)(H,31,32,33,34). The Balaban J connectivity index is 1.43. The molecule has 10 nitrogen and oxygen atoms in total. The van der Waals surface area contributed by atoms with Crippen molar-refractivity contribution in [1.29, 1.82) is 5.26 Å². The number of hydrogen-bond donors (Lipinski definition) is 3. The molecular formula is C27H23N9O. The minimum absolute atomic E-state index is 0.298. The van der Waals surface area contributed by atoms with Crippen molar-refractivity contribution >= 4 is 34.3 Å². The fourth-order valence-electron chi connectivity index (χ4n) is 3.80. The lowest BCUT2D eigenvalue weighted by Crippen LogP contribution is -2.18. The molecule has 4 aromatic heterocycles. The maximum Gasteiger partial charge on any atom is 0.255 e. The highest BCUT2D eigenvalue weighted by molar-refractivity contribution is 6.04. The first kappa shape index (κ1) is 23.6. The summed E-state index contributed by atoms with van der Waals surface area (Å²) in [5.74, 6) is 0.300. The molecule has 0 aliphatic carbocycles. The van der Waals surface area contributed by atoms with Crippen LogP contribution in [0.4, 0.5) is 17.2 Å². The van der Waals surface area contributed by atoms with Crippen LogP contribution in [-0.2, 0) is 5.41 Å². The van der Waals surface area contributed by atoms with E-state index in [1.165, 1.54) is 12.5 Å². The van der Waals surface area contributed by atoms with E-state index in [0.29, 0.717) is 39.6 Å². The molecule has 0 aliphatic heterocycles. The third-order valence-electron chi connectivity index (χ3n) is 5.98. The first-order valence-electron chi connectivity index (χ1n) is 11.5. The maximum absolute atomic E-state index is 13.0. The van der Waals surface area contributed by atoms with Crippen LogP contribution in [-0.4, -0.2) is 35.8 Å². The number of hydrogen-bond acceptors (Lipinski definition) is 8. The fraction of sp³-hybridized carbons (Fsp3) is 0.148. The number of aromatic amines is 1. The van der Waals surface area contributed by atoms with Crippen LogP contribution in [0.2, 0.25) is 0 Å². The summed E-state index contributed by atoms with van der Waals surface area (Å²) in [5, 5.41) is 15.7. The molecule has 4 heterocycles. The number of carbonyl (C=O) groups is 1. The number of rotatable bonds is 6. The molecule has 0 aliphatic rings. The van der Waals surface area contributed by atoms with Crippen LogP contribution in [0, 0.1) is 18.3 Å². The predicted octanol–water partition coefficient (Wildman–Crippen LogP) is 4.92. The quantitative estimate of drug-likeness (QED) is 0.305. The fourth-order valence-corrected chi connectivity index (χ4v) is 3.80. The van der Waals surface area contributed by atoms with Gasteiger partial charge in [-0.1, -0.05) is 6.07 Å². The highest BCUT2D eigenvalue weighted by Gasteiger charge is 2.23. The Morgan fingerprint density at radius 2 is 1.89 bits per heavy atom. The SMILES string of the molecule is Cc1ccc(NC(=O)c2ccnc(C(C)(C)C#N)c2)cc1Nc1ncccc1-c1ncnc2nc[nH]c12. The zero-order valence-corrected chi connectivity index (χ0v) is 20.4. The van der Waals surface area contributed by atoms with Gasteiger partial charge < -0.3 is 15.6 Å². The molecule has 0 radical (unpaired) electrons. The second-order valence-electron chi connectivity index (χ2n) is 9.00. The lowest BCUT2D eigenvalue weighted by atomic mass is 9.90. The number of carbonyl (C=O) groups excluding carboxylic acids is 1. The molecule has 0 atom stereocenters. The van der Waals surface area contributed by atoms with Crippen molar-refractivity contribution in [3.05, 3.63) is 84.3 Å². The molecule has 10 heteroatoms. The van der Waals surface area contributed by atoms with E-state index in [4.69, 9.17) is 0 Å². The molecule has 0 unspecified atom stereocenters. The van der Waals surface area contributed by atoms with Crippen LogP contribution in [0.5, 0.6) is 0 Å². The summed E-state index contributed by atoms with van der Waals surface area (Å²) in [7, 11) is 0. The zero-order chi connectivity index (χ0) is 26.0. The van der Waals surface area contributed by atoms with Gasteiger partial charge in [-0.2, -0.15) is 5.26 Å². The van der Waals surface area contributed by atoms with Crippen LogP contribution in [0.1, 0.15) is 35.5 Å². The Labute approximate surface area is 212 Å². The van der Waals surface area contributed by atoms with Gasteiger partial charge in [0.2, 0.25) is 0 Å². The van der Waals surface area contributed by atoms with Crippen molar-refractivity contribution in [2.75, 3.05) is 10.6 Å². The summed E-state index contributed by atoms with van der Waals surface area (Å²) >= 11 is 0. The van der Waals surface area contributed by atoms with E-state index in [9.17, 15) is 10.1 Å². The topological polar surface area (TPSA) is 145 Å². The van der Waals surface area contributed by atoms with Crippen molar-refractivity contribution in [3.8, 4) is 17.3 Å². The Bertz CT molecular complexity index is 1670. The van der Waals surface area contributed by atoms with E-state index < -0.39 is 5.41 Å². The lowest BCUT2D eigenvalue weighted by molar-refractivity contribution is 0.102. The number of anilines is 3. The second-order valence-corrected chi connectivity index (χ2v) is 9.00. The Morgan fingerprint density at radius 1 is 1.03 bits per heavy atom. The number of imidazole rings is 1. The van der Waals surface area contributed by atoms with Gasteiger partial charge in [0.25, 0.3) is 5.91 Å². The molecule has 0 saturated heterocycles. The van der Waals surface area contributed by atoms with E-state index in [0.717, 1.165) is 16.8 Å². The van der Waals surface area contributed by atoms with Gasteiger partial charge in [0.15, 0.2) is 5.65 Å². The van der Waals surface area contributed by atoms with Crippen LogP contribution < -0.4 is 10.6 Å². The summed E-state index contributed by atoms with van der Waals surface area (Å²) in [6.07, 6.45) is 6.29. The summed E-state index contributed by atoms with van der Waals surface area (Å²) < 4.78 is 0. The number of nitriles is 1. The van der Waals surface area contributed by atoms with Gasteiger partial charge in [0, 0.05) is 34.9 Å². The van der Waals surface area contributed by atoms with E-state index >= 15 is 0 Å². The summed E-state index contributed by atoms with van der Waals surface area (Å²) in [6.45, 7) is 5.49. The number of fused-ring (bicyclic) bond motifs is 1. The average molecular weight is 490 g/mol. The van der Waals surface area contributed by atoms with Crippen LogP contribution in [0.3, 0.4) is 0 Å². The summed E-state index contributed by atoms with van der Waals surface area (Å²) in [6, 6.07) is 14.8. The number of H-pyrrole nitrogens is 1. The average Bonchev–Trinajstić information content (AvgIpc) is 3.40. The van der Waals surface area contributed by atoms with Crippen molar-refractivity contribution in [1.82, 2.24) is 29.9 Å². The van der Waals surface area contributed by atoms with E-state index in [1.54, 1.807) is 38.5 Å². The smallest absolute Gasteiger partial charge is 0.255 e. The molecular weight excluding hydrogens is 466 g/mol. The van der Waals surface area contributed by atoms with Gasteiger partial charge in [-0.3, -0.25) is 9.78 Å². The van der Waals surface area contributed by atoms with Crippen molar-refractivity contribution < 1.29 is 4.79 Å². The van der Waals surface area contributed by atoms with E-state index in [2.05, 4.69) is 46.6 Å². The molecule has 3 N–H and O–H groups in total. The molecule has 5 aromatic rings. The van der Waals surface area contributed by atoms with Gasteiger partial charge in [0.1, 0.15) is 23.4 Å². The molecule has 182 valence electrons. The molecule has 0 fully saturated rings. The number of benzene rings is 1. The van der Waals surface area contributed by atoms with Gasteiger partial charge in [-0.15, -0.1) is 0 Å². The van der Waals surface area contributed by atoms with Gasteiger partial charge >= 0.3 is 0 Å². The third kappa shape index (κ3) is 4.70. The number of pyridine rings is 2. The van der Waals surface area contributed by atoms with Crippen LogP contribution in [0.25, 0.3) is 22.4 Å². The molecule has 0 spiro atoms. The minimum Gasteiger partial charge on any atom is -0.341 e. The number of nitrogens with one attached hydrogen (secondary N) is 3. The molecule has 0 bridgehead atoms. The first-order valence-corrected chi connectivity index (χ1v) is 11.5. The van der Waals surface area contributed by atoms with Crippen molar-refractivity contribution in [2.24, 2.45) is 0 Å². The number of nitrogens with zero attached hydrogens (tertiary/aromatic N) is 6. The zero-order valence-electron chi connectivity index (χ0n) is 20.4. The Morgan fingerprint density at radius 3 is 2.73 bits per heavy atom. The summed E-state index contributed by atoms with van der Waals surface area (Å²) in [5.41, 5.74) is 5.22. The van der Waals surface area contributed by atoms with Gasteiger partial charge in [0.05, 0.1) is 23.5 Å². The first-order chi connectivity index (χ1) is 17.9. The van der Waals surface area contributed by atoms with E-state index in [-0.39, 0.29) is 5.91 Å². The third-order valence-corrected chi connectivity index (χ3v) is 5.98. The van der Waals surface area contributed by atoms with Crippen LogP contribution >= 0.6 is 0 Å². The van der Waals surface area contributed by atoms with Gasteiger partial charge in [-0.05, 0) is 62.7 Å². The highest BCUT2D eigenvalue weighted by Crippen LogP contribution is 2.32. The molecule has 1 amide bonds. The number of aryl methyl sites for hydroxylation is 1. The Hall–Kier alpha value is -5.17.